The largest absolute Gasteiger partial charge is 0.508 e. The normalized spacial score (nSPS) is 32.7. The molecule has 118 valence electrons. The van der Waals surface area contributed by atoms with E-state index < -0.39 is 0 Å². The van der Waals surface area contributed by atoms with Crippen molar-refractivity contribution >= 4 is 5.78 Å². The predicted octanol–water partition coefficient (Wildman–Crippen LogP) is 3.11. The smallest absolute Gasteiger partial charge is 0.133 e. The SMILES string of the molecule is O=C1CC[C@@]2(c3cccc(O)c3)CCN(CC3CC3)C[C@@H]2C1. The molecule has 1 heterocycles. The molecule has 2 atom stereocenters. The molecule has 2 aliphatic carbocycles. The van der Waals surface area contributed by atoms with E-state index in [1.807, 2.05) is 12.1 Å². The number of hydrogen-bond donors (Lipinski definition) is 1. The van der Waals surface area contributed by atoms with Crippen LogP contribution in [0.25, 0.3) is 0 Å². The van der Waals surface area contributed by atoms with Crippen LogP contribution < -0.4 is 0 Å². The molecule has 1 aliphatic heterocycles. The van der Waals surface area contributed by atoms with Gasteiger partial charge in [-0.25, -0.2) is 0 Å². The minimum Gasteiger partial charge on any atom is -0.508 e. The Kier molecular flexibility index (Phi) is 3.48. The first kappa shape index (κ1) is 14.3. The molecule has 1 saturated heterocycles. The van der Waals surface area contributed by atoms with E-state index >= 15 is 0 Å². The van der Waals surface area contributed by atoms with Crippen LogP contribution in [-0.2, 0) is 10.2 Å². The zero-order chi connectivity index (χ0) is 15.2. The zero-order valence-electron chi connectivity index (χ0n) is 13.1. The minimum atomic E-state index is 0.104. The number of fused-ring (bicyclic) bond motifs is 1. The first-order chi connectivity index (χ1) is 10.7. The fraction of sp³-hybridized carbons (Fsp3) is 0.632. The molecule has 1 aromatic carbocycles. The number of phenolic OH excluding ortho intramolecular Hbond substituents is 1. The highest BCUT2D eigenvalue weighted by Crippen LogP contribution is 2.49. The average molecular weight is 299 g/mol. The summed E-state index contributed by atoms with van der Waals surface area (Å²) in [6.45, 7) is 3.41. The summed E-state index contributed by atoms with van der Waals surface area (Å²) in [5, 5.41) is 9.88. The summed E-state index contributed by atoms with van der Waals surface area (Å²) < 4.78 is 0. The van der Waals surface area contributed by atoms with Gasteiger partial charge in [0.2, 0.25) is 0 Å². The number of likely N-dealkylation sites (tertiary alicyclic amines) is 1. The van der Waals surface area contributed by atoms with Crippen molar-refractivity contribution in [2.75, 3.05) is 19.6 Å². The Labute approximate surface area is 132 Å². The predicted molar refractivity (Wildman–Crippen MR) is 85.9 cm³/mol. The number of carbonyl (C=O) groups excluding carboxylic acids is 1. The van der Waals surface area contributed by atoms with Crippen LogP contribution in [0.15, 0.2) is 24.3 Å². The number of piperidine rings is 1. The highest BCUT2D eigenvalue weighted by molar-refractivity contribution is 5.80. The summed E-state index contributed by atoms with van der Waals surface area (Å²) in [7, 11) is 0. The van der Waals surface area contributed by atoms with Gasteiger partial charge in [0.15, 0.2) is 0 Å². The van der Waals surface area contributed by atoms with Gasteiger partial charge in [-0.15, -0.1) is 0 Å². The molecule has 2 saturated carbocycles. The molecule has 0 amide bonds. The van der Waals surface area contributed by atoms with E-state index in [2.05, 4.69) is 11.0 Å². The van der Waals surface area contributed by atoms with E-state index in [0.717, 1.165) is 38.3 Å². The number of carbonyl (C=O) groups is 1. The molecule has 0 unspecified atom stereocenters. The quantitative estimate of drug-likeness (QED) is 0.932. The van der Waals surface area contributed by atoms with Crippen LogP contribution >= 0.6 is 0 Å². The molecule has 3 fully saturated rings. The van der Waals surface area contributed by atoms with Gasteiger partial charge in [-0.05, 0) is 61.8 Å². The minimum absolute atomic E-state index is 0.104. The van der Waals surface area contributed by atoms with Gasteiger partial charge in [-0.2, -0.15) is 0 Å². The lowest BCUT2D eigenvalue weighted by Gasteiger charge is -2.51. The maximum atomic E-state index is 12.0. The van der Waals surface area contributed by atoms with Gasteiger partial charge in [-0.1, -0.05) is 12.1 Å². The molecule has 3 nitrogen and oxygen atoms in total. The molecule has 3 aliphatic rings. The summed E-state index contributed by atoms with van der Waals surface area (Å²) >= 11 is 0. The van der Waals surface area contributed by atoms with Gasteiger partial charge in [0, 0.05) is 31.3 Å². The first-order valence-electron chi connectivity index (χ1n) is 8.69. The molecule has 1 aromatic rings. The average Bonchev–Trinajstić information content (AvgIpc) is 3.31. The summed E-state index contributed by atoms with van der Waals surface area (Å²) in [4.78, 5) is 14.6. The highest BCUT2D eigenvalue weighted by atomic mass is 16.3. The van der Waals surface area contributed by atoms with E-state index in [1.165, 1.54) is 24.9 Å². The first-order valence-corrected chi connectivity index (χ1v) is 8.69. The summed E-state index contributed by atoms with van der Waals surface area (Å²) in [5.74, 6) is 2.10. The van der Waals surface area contributed by atoms with Gasteiger partial charge >= 0.3 is 0 Å². The lowest BCUT2D eigenvalue weighted by atomic mass is 9.59. The van der Waals surface area contributed by atoms with Gasteiger partial charge in [0.05, 0.1) is 0 Å². The van der Waals surface area contributed by atoms with E-state index in [9.17, 15) is 9.90 Å². The van der Waals surface area contributed by atoms with E-state index in [1.54, 1.807) is 6.07 Å². The van der Waals surface area contributed by atoms with Crippen molar-refractivity contribution in [3.8, 4) is 5.75 Å². The standard InChI is InChI=1S/C19H25NO2/c21-17-3-1-2-15(10-17)19-7-6-18(22)11-16(19)13-20(9-8-19)12-14-4-5-14/h1-3,10,14,16,21H,4-9,11-13H2/t16-,19-/m0/s1. The highest BCUT2D eigenvalue weighted by Gasteiger charge is 2.47. The van der Waals surface area contributed by atoms with Crippen molar-refractivity contribution in [2.45, 2.75) is 43.9 Å². The maximum Gasteiger partial charge on any atom is 0.133 e. The van der Waals surface area contributed by atoms with Crippen LogP contribution in [0.4, 0.5) is 0 Å². The third-order valence-corrected chi connectivity index (χ3v) is 6.09. The lowest BCUT2D eigenvalue weighted by molar-refractivity contribution is -0.124. The number of ketones is 1. The van der Waals surface area contributed by atoms with Crippen molar-refractivity contribution in [3.63, 3.8) is 0 Å². The Bertz CT molecular complexity index is 581. The van der Waals surface area contributed by atoms with Crippen LogP contribution in [0, 0.1) is 11.8 Å². The molecule has 0 bridgehead atoms. The third kappa shape index (κ3) is 2.56. The second-order valence-electron chi connectivity index (χ2n) is 7.60. The summed E-state index contributed by atoms with van der Waals surface area (Å²) in [6.07, 6.45) is 6.28. The fourth-order valence-corrected chi connectivity index (χ4v) is 4.64. The van der Waals surface area contributed by atoms with E-state index in [0.29, 0.717) is 23.9 Å². The Morgan fingerprint density at radius 3 is 2.91 bits per heavy atom. The maximum absolute atomic E-state index is 12.0. The number of Topliss-reactive ketones (excluding diaryl/α,β-unsaturated/α-hetero) is 1. The number of phenols is 1. The van der Waals surface area contributed by atoms with E-state index in [4.69, 9.17) is 0 Å². The van der Waals surface area contributed by atoms with Crippen LogP contribution in [0.2, 0.25) is 0 Å². The molecular weight excluding hydrogens is 274 g/mol. The molecule has 0 aromatic heterocycles. The molecule has 0 spiro atoms. The second kappa shape index (κ2) is 5.38. The van der Waals surface area contributed by atoms with Crippen molar-refractivity contribution in [1.82, 2.24) is 4.90 Å². The van der Waals surface area contributed by atoms with Gasteiger partial charge in [0.25, 0.3) is 0 Å². The molecule has 4 rings (SSSR count). The number of benzene rings is 1. The monoisotopic (exact) mass is 299 g/mol. The number of aromatic hydroxyl groups is 1. The second-order valence-corrected chi connectivity index (χ2v) is 7.60. The zero-order valence-corrected chi connectivity index (χ0v) is 13.1. The molecule has 1 N–H and O–H groups in total. The van der Waals surface area contributed by atoms with Crippen molar-refractivity contribution in [3.05, 3.63) is 29.8 Å². The van der Waals surface area contributed by atoms with Crippen LogP contribution in [-0.4, -0.2) is 35.4 Å². The van der Waals surface area contributed by atoms with Gasteiger partial charge in [0.1, 0.15) is 11.5 Å². The van der Waals surface area contributed by atoms with Crippen molar-refractivity contribution in [1.29, 1.82) is 0 Å². The van der Waals surface area contributed by atoms with Crippen LogP contribution in [0.3, 0.4) is 0 Å². The molecular formula is C19H25NO2. The number of rotatable bonds is 3. The molecule has 22 heavy (non-hydrogen) atoms. The number of hydrogen-bond acceptors (Lipinski definition) is 3. The Morgan fingerprint density at radius 1 is 1.27 bits per heavy atom. The molecule has 3 heteroatoms. The van der Waals surface area contributed by atoms with Crippen LogP contribution in [0.1, 0.15) is 44.1 Å². The summed E-state index contributed by atoms with van der Waals surface area (Å²) in [6, 6.07) is 7.77. The van der Waals surface area contributed by atoms with Gasteiger partial charge < -0.3 is 10.0 Å². The molecule has 0 radical (unpaired) electrons. The Morgan fingerprint density at radius 2 is 2.14 bits per heavy atom. The third-order valence-electron chi connectivity index (χ3n) is 6.09. The lowest BCUT2D eigenvalue weighted by Crippen LogP contribution is -2.53. The summed E-state index contributed by atoms with van der Waals surface area (Å²) in [5.41, 5.74) is 1.35. The van der Waals surface area contributed by atoms with Crippen molar-refractivity contribution in [2.24, 2.45) is 11.8 Å². The van der Waals surface area contributed by atoms with Crippen LogP contribution in [0.5, 0.6) is 5.75 Å². The number of nitrogens with zero attached hydrogens (tertiary/aromatic N) is 1. The van der Waals surface area contributed by atoms with E-state index in [-0.39, 0.29) is 5.41 Å². The van der Waals surface area contributed by atoms with Crippen molar-refractivity contribution < 1.29 is 9.90 Å². The Hall–Kier alpha value is -1.35. The Balaban J connectivity index is 1.61. The topological polar surface area (TPSA) is 40.5 Å². The van der Waals surface area contributed by atoms with Gasteiger partial charge in [-0.3, -0.25) is 4.79 Å². The fourth-order valence-electron chi connectivity index (χ4n) is 4.64.